The molecule has 4 nitrogen and oxygen atoms in total. The standard InChI is InChI=1S/C16H23F3N4S/c1-20-15(21-8-14-23-13(9-24-14)16(17,18)19)22-12-7-11(12)10-5-3-2-4-6-10/h9-12H,2-8H2,1H3,(H2,20,21,22). The highest BCUT2D eigenvalue weighted by molar-refractivity contribution is 7.09. The van der Waals surface area contributed by atoms with Crippen LogP contribution in [0.25, 0.3) is 0 Å². The Kier molecular flexibility index (Phi) is 5.32. The van der Waals surface area contributed by atoms with Crippen LogP contribution in [0.15, 0.2) is 10.4 Å². The van der Waals surface area contributed by atoms with Gasteiger partial charge in [0.1, 0.15) is 5.01 Å². The summed E-state index contributed by atoms with van der Waals surface area (Å²) in [6.07, 6.45) is 3.48. The van der Waals surface area contributed by atoms with Crippen LogP contribution in [0.4, 0.5) is 13.2 Å². The van der Waals surface area contributed by atoms with Gasteiger partial charge in [-0.3, -0.25) is 4.99 Å². The number of guanidine groups is 1. The molecule has 0 aliphatic heterocycles. The Hall–Kier alpha value is -1.31. The van der Waals surface area contributed by atoms with Crippen molar-refractivity contribution >= 4 is 17.3 Å². The topological polar surface area (TPSA) is 49.3 Å². The van der Waals surface area contributed by atoms with Crippen LogP contribution in [0.5, 0.6) is 0 Å². The van der Waals surface area contributed by atoms with Gasteiger partial charge in [0.05, 0.1) is 6.54 Å². The SMILES string of the molecule is CN=C(NCc1nc(C(F)(F)F)cs1)NC1CC1C1CCCCC1. The third-order valence-electron chi connectivity index (χ3n) is 4.89. The van der Waals surface area contributed by atoms with Crippen molar-refractivity contribution in [1.29, 1.82) is 0 Å². The minimum absolute atomic E-state index is 0.251. The van der Waals surface area contributed by atoms with Gasteiger partial charge < -0.3 is 10.6 Å². The van der Waals surface area contributed by atoms with Crippen molar-refractivity contribution in [3.63, 3.8) is 0 Å². The van der Waals surface area contributed by atoms with Gasteiger partial charge in [-0.25, -0.2) is 4.98 Å². The van der Waals surface area contributed by atoms with E-state index in [1.54, 1.807) is 7.05 Å². The highest BCUT2D eigenvalue weighted by Crippen LogP contribution is 2.44. The number of hydrogen-bond acceptors (Lipinski definition) is 3. The van der Waals surface area contributed by atoms with Gasteiger partial charge in [0.15, 0.2) is 11.7 Å². The molecule has 3 rings (SSSR count). The highest BCUT2D eigenvalue weighted by Gasteiger charge is 2.43. The maximum Gasteiger partial charge on any atom is 0.434 e. The molecule has 1 aromatic rings. The molecule has 2 unspecified atom stereocenters. The van der Waals surface area contributed by atoms with Gasteiger partial charge in [0.2, 0.25) is 0 Å². The van der Waals surface area contributed by atoms with Crippen molar-refractivity contribution < 1.29 is 13.2 Å². The van der Waals surface area contributed by atoms with Gasteiger partial charge >= 0.3 is 6.18 Å². The molecule has 24 heavy (non-hydrogen) atoms. The molecule has 0 amide bonds. The van der Waals surface area contributed by atoms with E-state index in [0.717, 1.165) is 28.6 Å². The van der Waals surface area contributed by atoms with Crippen LogP contribution in [0.1, 0.15) is 49.2 Å². The normalized spacial score (nSPS) is 25.6. The average molecular weight is 360 g/mol. The third-order valence-corrected chi connectivity index (χ3v) is 5.74. The fraction of sp³-hybridized carbons (Fsp3) is 0.750. The summed E-state index contributed by atoms with van der Waals surface area (Å²) in [7, 11) is 1.68. The average Bonchev–Trinajstić information content (AvgIpc) is 3.15. The lowest BCUT2D eigenvalue weighted by molar-refractivity contribution is -0.140. The summed E-state index contributed by atoms with van der Waals surface area (Å²) >= 11 is 1.01. The molecular formula is C16H23F3N4S. The van der Waals surface area contributed by atoms with Crippen molar-refractivity contribution in [3.05, 3.63) is 16.1 Å². The van der Waals surface area contributed by atoms with E-state index in [-0.39, 0.29) is 6.54 Å². The van der Waals surface area contributed by atoms with Crippen LogP contribution in [0.3, 0.4) is 0 Å². The number of nitrogens with one attached hydrogen (secondary N) is 2. The van der Waals surface area contributed by atoms with E-state index >= 15 is 0 Å². The van der Waals surface area contributed by atoms with Crippen LogP contribution in [0.2, 0.25) is 0 Å². The molecule has 1 aromatic heterocycles. The van der Waals surface area contributed by atoms with Gasteiger partial charge in [-0.2, -0.15) is 13.2 Å². The number of halogens is 3. The third kappa shape index (κ3) is 4.40. The second kappa shape index (κ2) is 7.29. The molecule has 2 fully saturated rings. The fourth-order valence-corrected chi connectivity index (χ4v) is 4.26. The molecule has 0 spiro atoms. The van der Waals surface area contributed by atoms with Crippen molar-refractivity contribution in [3.8, 4) is 0 Å². The summed E-state index contributed by atoms with van der Waals surface area (Å²) < 4.78 is 37.7. The van der Waals surface area contributed by atoms with Crippen LogP contribution < -0.4 is 10.6 Å². The quantitative estimate of drug-likeness (QED) is 0.634. The van der Waals surface area contributed by atoms with Crippen LogP contribution >= 0.6 is 11.3 Å². The number of hydrogen-bond donors (Lipinski definition) is 2. The summed E-state index contributed by atoms with van der Waals surface area (Å²) in [5.41, 5.74) is -0.827. The minimum atomic E-state index is -4.38. The van der Waals surface area contributed by atoms with Crippen molar-refractivity contribution in [2.45, 2.75) is 57.3 Å². The largest absolute Gasteiger partial charge is 0.434 e. The lowest BCUT2D eigenvalue weighted by Gasteiger charge is -2.22. The Morgan fingerprint density at radius 3 is 2.71 bits per heavy atom. The fourth-order valence-electron chi connectivity index (χ4n) is 3.52. The first-order chi connectivity index (χ1) is 11.5. The number of aromatic nitrogens is 1. The summed E-state index contributed by atoms with van der Waals surface area (Å²) in [6, 6.07) is 0.446. The Morgan fingerprint density at radius 1 is 1.33 bits per heavy atom. The number of alkyl halides is 3. The molecule has 1 heterocycles. The van der Waals surface area contributed by atoms with Crippen LogP contribution in [0, 0.1) is 11.8 Å². The number of rotatable bonds is 4. The maximum atomic E-state index is 12.6. The molecule has 2 saturated carbocycles. The molecule has 0 bridgehead atoms. The van der Waals surface area contributed by atoms with Gasteiger partial charge in [-0.05, 0) is 18.3 Å². The van der Waals surface area contributed by atoms with E-state index in [4.69, 9.17) is 0 Å². The van der Waals surface area contributed by atoms with E-state index < -0.39 is 11.9 Å². The van der Waals surface area contributed by atoms with Crippen molar-refractivity contribution in [1.82, 2.24) is 15.6 Å². The molecule has 0 saturated heterocycles. The van der Waals surface area contributed by atoms with Crippen molar-refractivity contribution in [2.24, 2.45) is 16.8 Å². The molecule has 2 atom stereocenters. The Balaban J connectivity index is 1.45. The zero-order valence-corrected chi connectivity index (χ0v) is 14.5. The minimum Gasteiger partial charge on any atom is -0.353 e. The van der Waals surface area contributed by atoms with Gasteiger partial charge in [0.25, 0.3) is 0 Å². The highest BCUT2D eigenvalue weighted by atomic mass is 32.1. The first-order valence-electron chi connectivity index (χ1n) is 8.46. The van der Waals surface area contributed by atoms with E-state index in [1.165, 1.54) is 38.5 Å². The van der Waals surface area contributed by atoms with E-state index in [1.807, 2.05) is 0 Å². The second-order valence-electron chi connectivity index (χ2n) is 6.60. The predicted molar refractivity (Wildman–Crippen MR) is 88.9 cm³/mol. The summed E-state index contributed by atoms with van der Waals surface area (Å²) in [5.74, 6) is 2.19. The van der Waals surface area contributed by atoms with Gasteiger partial charge in [-0.15, -0.1) is 11.3 Å². The summed E-state index contributed by atoms with van der Waals surface area (Å²) in [4.78, 5) is 7.79. The number of nitrogens with zero attached hydrogens (tertiary/aromatic N) is 2. The maximum absolute atomic E-state index is 12.6. The van der Waals surface area contributed by atoms with E-state index in [2.05, 4.69) is 20.6 Å². The molecule has 2 aliphatic carbocycles. The van der Waals surface area contributed by atoms with E-state index in [0.29, 0.717) is 17.0 Å². The molecular weight excluding hydrogens is 337 g/mol. The zero-order valence-electron chi connectivity index (χ0n) is 13.7. The molecule has 2 N–H and O–H groups in total. The molecule has 134 valence electrons. The van der Waals surface area contributed by atoms with E-state index in [9.17, 15) is 13.2 Å². The summed E-state index contributed by atoms with van der Waals surface area (Å²) in [5, 5.41) is 7.91. The van der Waals surface area contributed by atoms with Crippen molar-refractivity contribution in [2.75, 3.05) is 7.05 Å². The lowest BCUT2D eigenvalue weighted by atomic mass is 9.85. The Labute approximate surface area is 144 Å². The smallest absolute Gasteiger partial charge is 0.353 e. The number of thiazole rings is 1. The lowest BCUT2D eigenvalue weighted by Crippen LogP contribution is -2.39. The van der Waals surface area contributed by atoms with Crippen LogP contribution in [-0.4, -0.2) is 24.0 Å². The first kappa shape index (κ1) is 17.5. The van der Waals surface area contributed by atoms with Gasteiger partial charge in [-0.1, -0.05) is 32.1 Å². The molecule has 8 heteroatoms. The second-order valence-corrected chi connectivity index (χ2v) is 7.54. The predicted octanol–water partition coefficient (Wildman–Crippen LogP) is 3.80. The first-order valence-corrected chi connectivity index (χ1v) is 9.34. The molecule has 0 aromatic carbocycles. The zero-order chi connectivity index (χ0) is 17.2. The summed E-state index contributed by atoms with van der Waals surface area (Å²) in [6.45, 7) is 0.251. The Morgan fingerprint density at radius 2 is 2.08 bits per heavy atom. The van der Waals surface area contributed by atoms with Gasteiger partial charge in [0, 0.05) is 18.5 Å². The number of aliphatic imine (C=N–C) groups is 1. The molecule has 2 aliphatic rings. The van der Waals surface area contributed by atoms with Crippen LogP contribution in [-0.2, 0) is 12.7 Å². The molecule has 0 radical (unpaired) electrons. The Bertz CT molecular complexity index is 578. The monoisotopic (exact) mass is 360 g/mol.